The predicted octanol–water partition coefficient (Wildman–Crippen LogP) is 0.646. The van der Waals surface area contributed by atoms with Gasteiger partial charge in [-0.2, -0.15) is 5.10 Å². The van der Waals surface area contributed by atoms with Crippen LogP contribution in [-0.4, -0.2) is 38.2 Å². The molecule has 0 saturated carbocycles. The molecule has 2 aromatic heterocycles. The molecule has 0 spiro atoms. The van der Waals surface area contributed by atoms with Crippen molar-refractivity contribution in [2.45, 2.75) is 12.8 Å². The number of aromatic amines is 1. The normalized spacial score (nSPS) is 16.0. The number of nitrogens with one attached hydrogen (secondary N) is 1. The maximum Gasteiger partial charge on any atom is 0.225 e. The van der Waals surface area contributed by atoms with Crippen molar-refractivity contribution in [3.63, 3.8) is 0 Å². The van der Waals surface area contributed by atoms with Crippen molar-refractivity contribution in [1.29, 1.82) is 0 Å². The molecule has 6 nitrogen and oxygen atoms in total. The fraction of sp³-hybridized carbons (Fsp3) is 0.400. The number of rotatable bonds is 2. The highest BCUT2D eigenvalue weighted by Gasteiger charge is 2.32. The van der Waals surface area contributed by atoms with Crippen LogP contribution in [-0.2, 0) is 0 Å². The minimum absolute atomic E-state index is 0.300. The second-order valence-electron chi connectivity index (χ2n) is 4.08. The summed E-state index contributed by atoms with van der Waals surface area (Å²) in [6.07, 6.45) is 2.35. The van der Waals surface area contributed by atoms with Crippen LogP contribution >= 0.6 is 0 Å². The van der Waals surface area contributed by atoms with Gasteiger partial charge in [-0.15, -0.1) is 0 Å². The van der Waals surface area contributed by atoms with E-state index < -0.39 is 5.82 Å². The van der Waals surface area contributed by atoms with Crippen LogP contribution in [0.15, 0.2) is 12.4 Å². The van der Waals surface area contributed by atoms with E-state index >= 15 is 0 Å². The Kier molecular flexibility index (Phi) is 2.24. The summed E-state index contributed by atoms with van der Waals surface area (Å²) >= 11 is 0. The third kappa shape index (κ3) is 1.83. The molecule has 0 amide bonds. The van der Waals surface area contributed by atoms with Gasteiger partial charge >= 0.3 is 0 Å². The second kappa shape index (κ2) is 3.76. The van der Waals surface area contributed by atoms with Crippen LogP contribution in [0.2, 0.25) is 0 Å². The van der Waals surface area contributed by atoms with Crippen molar-refractivity contribution in [2.75, 3.05) is 18.0 Å². The lowest BCUT2D eigenvalue weighted by atomic mass is 10.0. The van der Waals surface area contributed by atoms with E-state index in [9.17, 15) is 4.39 Å². The van der Waals surface area contributed by atoms with Gasteiger partial charge in [-0.3, -0.25) is 5.10 Å². The average Bonchev–Trinajstić information content (AvgIpc) is 2.66. The molecule has 1 N–H and O–H groups in total. The van der Waals surface area contributed by atoms with Crippen molar-refractivity contribution in [2.24, 2.45) is 0 Å². The Morgan fingerprint density at radius 3 is 2.65 bits per heavy atom. The second-order valence-corrected chi connectivity index (χ2v) is 4.08. The topological polar surface area (TPSA) is 70.6 Å². The van der Waals surface area contributed by atoms with Crippen LogP contribution in [0.5, 0.6) is 0 Å². The molecule has 17 heavy (non-hydrogen) atoms. The third-order valence-corrected chi connectivity index (χ3v) is 2.75. The van der Waals surface area contributed by atoms with Crippen molar-refractivity contribution in [3.05, 3.63) is 29.9 Å². The molecular formula is C10H11FN6. The molecular weight excluding hydrogens is 223 g/mol. The van der Waals surface area contributed by atoms with E-state index in [2.05, 4.69) is 25.1 Å². The van der Waals surface area contributed by atoms with Crippen LogP contribution in [0.1, 0.15) is 17.6 Å². The Bertz CT molecular complexity index is 516. The standard InChI is InChI=1S/C10H11FN6/c1-6-14-9(16-15-6)7-4-17(5-7)10-12-2-8(11)3-13-10/h2-3,7H,4-5H2,1H3,(H,14,15,16). The smallest absolute Gasteiger partial charge is 0.225 e. The molecule has 0 unspecified atom stereocenters. The zero-order valence-corrected chi connectivity index (χ0v) is 9.26. The number of hydrogen-bond donors (Lipinski definition) is 1. The summed E-state index contributed by atoms with van der Waals surface area (Å²) in [6, 6.07) is 0. The van der Waals surface area contributed by atoms with E-state index in [4.69, 9.17) is 0 Å². The van der Waals surface area contributed by atoms with Gasteiger partial charge in [0.05, 0.1) is 18.3 Å². The zero-order valence-electron chi connectivity index (χ0n) is 9.26. The SMILES string of the molecule is Cc1nc(C2CN(c3ncc(F)cn3)C2)n[nH]1. The van der Waals surface area contributed by atoms with Crippen molar-refractivity contribution < 1.29 is 4.39 Å². The maximum atomic E-state index is 12.6. The fourth-order valence-electron chi connectivity index (χ4n) is 1.82. The first-order valence-corrected chi connectivity index (χ1v) is 5.34. The lowest BCUT2D eigenvalue weighted by molar-refractivity contribution is 0.490. The minimum Gasteiger partial charge on any atom is -0.339 e. The van der Waals surface area contributed by atoms with E-state index in [-0.39, 0.29) is 0 Å². The quantitative estimate of drug-likeness (QED) is 0.826. The summed E-state index contributed by atoms with van der Waals surface area (Å²) < 4.78 is 12.6. The van der Waals surface area contributed by atoms with Gasteiger partial charge in [0.25, 0.3) is 0 Å². The molecule has 88 valence electrons. The number of aryl methyl sites for hydroxylation is 1. The van der Waals surface area contributed by atoms with Gasteiger partial charge < -0.3 is 4.90 Å². The van der Waals surface area contributed by atoms with Crippen LogP contribution in [0, 0.1) is 12.7 Å². The summed E-state index contributed by atoms with van der Waals surface area (Å²) in [5.74, 6) is 2.07. The maximum absolute atomic E-state index is 12.6. The average molecular weight is 234 g/mol. The summed E-state index contributed by atoms with van der Waals surface area (Å²) in [7, 11) is 0. The Balaban J connectivity index is 1.66. The van der Waals surface area contributed by atoms with Gasteiger partial charge in [0.1, 0.15) is 5.82 Å². The molecule has 7 heteroatoms. The van der Waals surface area contributed by atoms with Crippen molar-refractivity contribution in [3.8, 4) is 0 Å². The monoisotopic (exact) mass is 234 g/mol. The number of anilines is 1. The van der Waals surface area contributed by atoms with Crippen LogP contribution in [0.3, 0.4) is 0 Å². The minimum atomic E-state index is -0.421. The molecule has 2 aromatic rings. The number of halogens is 1. The summed E-state index contributed by atoms with van der Waals surface area (Å²) in [5, 5.41) is 6.94. The first kappa shape index (κ1) is 10.1. The van der Waals surface area contributed by atoms with E-state index in [0.29, 0.717) is 11.9 Å². The van der Waals surface area contributed by atoms with Gasteiger partial charge in [-0.25, -0.2) is 19.3 Å². The highest BCUT2D eigenvalue weighted by atomic mass is 19.1. The van der Waals surface area contributed by atoms with Gasteiger partial charge in [-0.05, 0) is 6.92 Å². The molecule has 3 rings (SSSR count). The van der Waals surface area contributed by atoms with Gasteiger partial charge in [-0.1, -0.05) is 0 Å². The molecule has 0 aromatic carbocycles. The lowest BCUT2D eigenvalue weighted by Crippen LogP contribution is -2.46. The number of nitrogens with zero attached hydrogens (tertiary/aromatic N) is 5. The van der Waals surface area contributed by atoms with Crippen LogP contribution in [0.25, 0.3) is 0 Å². The van der Waals surface area contributed by atoms with E-state index in [1.54, 1.807) is 0 Å². The van der Waals surface area contributed by atoms with Crippen LogP contribution < -0.4 is 4.90 Å². The Morgan fingerprint density at radius 2 is 2.06 bits per heavy atom. The van der Waals surface area contributed by atoms with Gasteiger partial charge in [0, 0.05) is 13.1 Å². The number of hydrogen-bond acceptors (Lipinski definition) is 5. The molecule has 1 aliphatic rings. The number of H-pyrrole nitrogens is 1. The lowest BCUT2D eigenvalue weighted by Gasteiger charge is -2.37. The molecule has 0 aliphatic carbocycles. The van der Waals surface area contributed by atoms with E-state index in [1.165, 1.54) is 12.4 Å². The molecule has 1 saturated heterocycles. The number of aromatic nitrogens is 5. The third-order valence-electron chi connectivity index (χ3n) is 2.75. The molecule has 0 atom stereocenters. The zero-order chi connectivity index (χ0) is 11.8. The summed E-state index contributed by atoms with van der Waals surface area (Å²) in [6.45, 7) is 3.40. The van der Waals surface area contributed by atoms with E-state index in [1.807, 2.05) is 11.8 Å². The first-order chi connectivity index (χ1) is 8.22. The Morgan fingerprint density at radius 1 is 1.35 bits per heavy atom. The predicted molar refractivity (Wildman–Crippen MR) is 58.1 cm³/mol. The molecule has 1 aliphatic heterocycles. The van der Waals surface area contributed by atoms with Gasteiger partial charge in [0.2, 0.25) is 5.95 Å². The molecule has 0 bridgehead atoms. The largest absolute Gasteiger partial charge is 0.339 e. The molecule has 1 fully saturated rings. The highest BCUT2D eigenvalue weighted by molar-refractivity contribution is 5.36. The van der Waals surface area contributed by atoms with Crippen molar-refractivity contribution in [1.82, 2.24) is 25.1 Å². The molecule has 3 heterocycles. The van der Waals surface area contributed by atoms with E-state index in [0.717, 1.165) is 24.7 Å². The molecule has 0 radical (unpaired) electrons. The first-order valence-electron chi connectivity index (χ1n) is 5.34. The summed E-state index contributed by atoms with van der Waals surface area (Å²) in [4.78, 5) is 14.1. The Labute approximate surface area is 96.9 Å². The van der Waals surface area contributed by atoms with Crippen molar-refractivity contribution >= 4 is 5.95 Å². The highest BCUT2D eigenvalue weighted by Crippen LogP contribution is 2.27. The summed E-state index contributed by atoms with van der Waals surface area (Å²) in [5.41, 5.74) is 0. The van der Waals surface area contributed by atoms with Crippen LogP contribution in [0.4, 0.5) is 10.3 Å². The Hall–Kier alpha value is -2.05. The van der Waals surface area contributed by atoms with Gasteiger partial charge in [0.15, 0.2) is 11.6 Å². The fourth-order valence-corrected chi connectivity index (χ4v) is 1.82.